The minimum Gasteiger partial charge on any atom is -0.350 e. The van der Waals surface area contributed by atoms with E-state index in [9.17, 15) is 0 Å². The average Bonchev–Trinajstić information content (AvgIpc) is 2.30. The number of rotatable bonds is 1. The highest BCUT2D eigenvalue weighted by molar-refractivity contribution is 5.47. The number of nitrogens with zero attached hydrogens (tertiary/aromatic N) is 2. The Kier molecular flexibility index (Phi) is 1.59. The van der Waals surface area contributed by atoms with Crippen LogP contribution in [0, 0.1) is 11.3 Å². The zero-order valence-electron chi connectivity index (χ0n) is 5.83. The first-order valence-corrected chi connectivity index (χ1v) is 2.97. The van der Waals surface area contributed by atoms with Crippen molar-refractivity contribution in [2.75, 3.05) is 0 Å². The summed E-state index contributed by atoms with van der Waals surface area (Å²) in [6.45, 7) is 3.61. The van der Waals surface area contributed by atoms with Crippen LogP contribution in [-0.4, -0.2) is 4.57 Å². The van der Waals surface area contributed by atoms with Crippen LogP contribution in [0.2, 0.25) is 0 Å². The molecule has 0 bridgehead atoms. The van der Waals surface area contributed by atoms with Gasteiger partial charge in [0.15, 0.2) is 0 Å². The van der Waals surface area contributed by atoms with Crippen LogP contribution in [0.25, 0.3) is 6.08 Å². The summed E-state index contributed by atoms with van der Waals surface area (Å²) in [5.41, 5.74) is 1.65. The molecule has 0 saturated heterocycles. The molecule has 0 radical (unpaired) electrons. The third-order valence-electron chi connectivity index (χ3n) is 1.38. The molecular formula is C8H8N2. The fraction of sp³-hybridized carbons (Fsp3) is 0.125. The van der Waals surface area contributed by atoms with E-state index in [-0.39, 0.29) is 0 Å². The first-order chi connectivity index (χ1) is 4.77. The second-order valence-electron chi connectivity index (χ2n) is 2.08. The van der Waals surface area contributed by atoms with Crippen LogP contribution in [0.5, 0.6) is 0 Å². The summed E-state index contributed by atoms with van der Waals surface area (Å²) < 4.78 is 1.87. The molecule has 2 nitrogen and oxygen atoms in total. The Hall–Kier alpha value is -1.49. The van der Waals surface area contributed by atoms with E-state index >= 15 is 0 Å². The van der Waals surface area contributed by atoms with Crippen molar-refractivity contribution >= 4 is 6.08 Å². The third kappa shape index (κ3) is 0.939. The summed E-state index contributed by atoms with van der Waals surface area (Å²) in [5, 5.41) is 8.47. The molecule has 0 unspecified atom stereocenters. The SMILES string of the molecule is C=Cc1cc(C#N)cn1C. The van der Waals surface area contributed by atoms with Crippen LogP contribution in [0.1, 0.15) is 11.3 Å². The van der Waals surface area contributed by atoms with Crippen molar-refractivity contribution in [2.45, 2.75) is 0 Å². The van der Waals surface area contributed by atoms with Crippen molar-refractivity contribution in [3.63, 3.8) is 0 Å². The Morgan fingerprint density at radius 1 is 1.80 bits per heavy atom. The molecule has 0 aliphatic heterocycles. The minimum absolute atomic E-state index is 0.678. The number of aromatic nitrogens is 1. The zero-order valence-corrected chi connectivity index (χ0v) is 5.83. The van der Waals surface area contributed by atoms with Gasteiger partial charge in [-0.15, -0.1) is 0 Å². The first kappa shape index (κ1) is 6.63. The lowest BCUT2D eigenvalue weighted by atomic mass is 10.3. The Bertz CT molecular complexity index is 289. The molecule has 10 heavy (non-hydrogen) atoms. The Labute approximate surface area is 60.0 Å². The molecule has 0 fully saturated rings. The van der Waals surface area contributed by atoms with Crippen molar-refractivity contribution in [3.8, 4) is 6.07 Å². The number of hydrogen-bond acceptors (Lipinski definition) is 1. The molecule has 0 aromatic carbocycles. The third-order valence-corrected chi connectivity index (χ3v) is 1.38. The van der Waals surface area contributed by atoms with Crippen LogP contribution in [0.4, 0.5) is 0 Å². The van der Waals surface area contributed by atoms with E-state index in [0.29, 0.717) is 5.56 Å². The summed E-state index contributed by atoms with van der Waals surface area (Å²) in [6, 6.07) is 3.85. The smallest absolute Gasteiger partial charge is 0.101 e. The lowest BCUT2D eigenvalue weighted by molar-refractivity contribution is 0.914. The van der Waals surface area contributed by atoms with E-state index in [2.05, 4.69) is 12.6 Å². The van der Waals surface area contributed by atoms with E-state index in [1.807, 2.05) is 11.6 Å². The van der Waals surface area contributed by atoms with Crippen LogP contribution >= 0.6 is 0 Å². The van der Waals surface area contributed by atoms with E-state index in [1.54, 1.807) is 18.3 Å². The molecule has 1 aromatic rings. The Balaban J connectivity index is 3.19. The molecule has 0 spiro atoms. The molecule has 1 aromatic heterocycles. The normalized spacial score (nSPS) is 8.80. The summed E-state index contributed by atoms with van der Waals surface area (Å²) in [7, 11) is 1.89. The van der Waals surface area contributed by atoms with Gasteiger partial charge >= 0.3 is 0 Å². The molecule has 1 heterocycles. The van der Waals surface area contributed by atoms with Gasteiger partial charge in [-0.05, 0) is 12.1 Å². The van der Waals surface area contributed by atoms with Gasteiger partial charge in [-0.25, -0.2) is 0 Å². The van der Waals surface area contributed by atoms with E-state index in [1.165, 1.54) is 0 Å². The standard InChI is InChI=1S/C8H8N2/c1-3-8-4-7(5-9)6-10(8)2/h3-4,6H,1H2,2H3. The first-order valence-electron chi connectivity index (χ1n) is 2.97. The quantitative estimate of drug-likeness (QED) is 0.569. The highest BCUT2D eigenvalue weighted by Crippen LogP contribution is 2.06. The van der Waals surface area contributed by atoms with Gasteiger partial charge in [0.05, 0.1) is 5.56 Å². The maximum Gasteiger partial charge on any atom is 0.101 e. The monoisotopic (exact) mass is 132 g/mol. The summed E-state index contributed by atoms with van der Waals surface area (Å²) in [4.78, 5) is 0. The fourth-order valence-corrected chi connectivity index (χ4v) is 0.846. The van der Waals surface area contributed by atoms with E-state index in [4.69, 9.17) is 5.26 Å². The van der Waals surface area contributed by atoms with Gasteiger partial charge in [0.25, 0.3) is 0 Å². The maximum atomic E-state index is 8.47. The highest BCUT2D eigenvalue weighted by atomic mass is 14.9. The Morgan fingerprint density at radius 2 is 2.50 bits per heavy atom. The molecule has 1 rings (SSSR count). The Morgan fingerprint density at radius 3 is 2.80 bits per heavy atom. The molecule has 0 atom stereocenters. The molecule has 0 saturated carbocycles. The lowest BCUT2D eigenvalue weighted by Gasteiger charge is -1.91. The summed E-state index contributed by atoms with van der Waals surface area (Å²) >= 11 is 0. The number of hydrogen-bond donors (Lipinski definition) is 0. The maximum absolute atomic E-state index is 8.47. The second-order valence-corrected chi connectivity index (χ2v) is 2.08. The molecule has 50 valence electrons. The van der Waals surface area contributed by atoms with Gasteiger partial charge < -0.3 is 4.57 Å². The molecule has 0 N–H and O–H groups in total. The highest BCUT2D eigenvalue weighted by Gasteiger charge is 1.96. The topological polar surface area (TPSA) is 28.7 Å². The average molecular weight is 132 g/mol. The van der Waals surface area contributed by atoms with Gasteiger partial charge in [-0.1, -0.05) is 6.58 Å². The van der Waals surface area contributed by atoms with Crippen LogP contribution < -0.4 is 0 Å². The zero-order chi connectivity index (χ0) is 7.56. The predicted octanol–water partition coefficient (Wildman–Crippen LogP) is 1.54. The molecule has 2 heteroatoms. The van der Waals surface area contributed by atoms with Crippen molar-refractivity contribution < 1.29 is 0 Å². The van der Waals surface area contributed by atoms with Crippen LogP contribution in [-0.2, 0) is 7.05 Å². The number of aryl methyl sites for hydroxylation is 1. The minimum atomic E-state index is 0.678. The lowest BCUT2D eigenvalue weighted by Crippen LogP contribution is -1.85. The summed E-state index contributed by atoms with van der Waals surface area (Å²) in [6.07, 6.45) is 3.50. The van der Waals surface area contributed by atoms with Crippen LogP contribution in [0.15, 0.2) is 18.8 Å². The van der Waals surface area contributed by atoms with Gasteiger partial charge in [-0.2, -0.15) is 5.26 Å². The van der Waals surface area contributed by atoms with Gasteiger partial charge in [0.1, 0.15) is 6.07 Å². The van der Waals surface area contributed by atoms with Crippen molar-refractivity contribution in [2.24, 2.45) is 7.05 Å². The predicted molar refractivity (Wildman–Crippen MR) is 40.2 cm³/mol. The van der Waals surface area contributed by atoms with Crippen molar-refractivity contribution in [1.82, 2.24) is 4.57 Å². The van der Waals surface area contributed by atoms with Gasteiger partial charge in [-0.3, -0.25) is 0 Å². The van der Waals surface area contributed by atoms with Crippen LogP contribution in [0.3, 0.4) is 0 Å². The van der Waals surface area contributed by atoms with Crippen molar-refractivity contribution in [3.05, 3.63) is 30.1 Å². The largest absolute Gasteiger partial charge is 0.350 e. The second kappa shape index (κ2) is 2.40. The number of nitriles is 1. The molecule has 0 aliphatic carbocycles. The van der Waals surface area contributed by atoms with E-state index in [0.717, 1.165) is 5.69 Å². The fourth-order valence-electron chi connectivity index (χ4n) is 0.846. The summed E-state index contributed by atoms with van der Waals surface area (Å²) in [5.74, 6) is 0. The van der Waals surface area contributed by atoms with Gasteiger partial charge in [0, 0.05) is 18.9 Å². The van der Waals surface area contributed by atoms with Gasteiger partial charge in [0.2, 0.25) is 0 Å². The van der Waals surface area contributed by atoms with E-state index < -0.39 is 0 Å². The molecule has 0 aliphatic rings. The molecule has 0 amide bonds. The van der Waals surface area contributed by atoms with Crippen molar-refractivity contribution in [1.29, 1.82) is 5.26 Å². The molecular weight excluding hydrogens is 124 g/mol.